The van der Waals surface area contributed by atoms with Crippen LogP contribution >= 0.6 is 50.2 Å². The van der Waals surface area contributed by atoms with Crippen LogP contribution in [0.25, 0.3) is 0 Å². The van der Waals surface area contributed by atoms with E-state index in [-0.39, 0.29) is 64.9 Å². The number of phenolic OH excluding ortho intramolecular Hbond substituents is 2. The Balaban J connectivity index is 1.01. The molecule has 8 N–H and O–H groups in total. The van der Waals surface area contributed by atoms with Crippen molar-refractivity contribution in [3.63, 3.8) is 0 Å². The maximum atomic E-state index is 13.5. The van der Waals surface area contributed by atoms with Crippen molar-refractivity contribution in [2.24, 2.45) is 5.84 Å². The van der Waals surface area contributed by atoms with E-state index in [0.717, 1.165) is 0 Å². The molecule has 1 spiro atoms. The molecule has 286 valence electrons. The average Bonchev–Trinajstić information content (AvgIpc) is 3.73. The van der Waals surface area contributed by atoms with Crippen molar-refractivity contribution < 1.29 is 52.1 Å². The number of hydrogen-bond donors (Lipinski definition) is 9. The molecule has 2 fully saturated rings. The molecular formula is C31H37B2N5O11P2S3. The van der Waals surface area contributed by atoms with Gasteiger partial charge in [0.15, 0.2) is 10.7 Å². The van der Waals surface area contributed by atoms with E-state index >= 15 is 0 Å². The summed E-state index contributed by atoms with van der Waals surface area (Å²) in [6.45, 7) is -7.42. The molecule has 54 heavy (non-hydrogen) atoms. The molecule has 8 unspecified atom stereocenters. The van der Waals surface area contributed by atoms with Gasteiger partial charge in [-0.3, -0.25) is 15.0 Å². The number of rotatable bonds is 11. The fraction of sp³-hybridized carbons (Fsp3) is 0.355. The highest BCUT2D eigenvalue weighted by molar-refractivity contribution is 8.45. The number of thiol groups is 2. The second kappa shape index (κ2) is 15.3. The second-order valence-corrected chi connectivity index (χ2v) is 20.1. The number of thiocarbonyl (C=S) groups is 1. The zero-order valence-corrected chi connectivity index (χ0v) is 33.2. The molecule has 3 aromatic rings. The molecule has 0 saturated carbocycles. The first kappa shape index (κ1) is 39.5. The van der Waals surface area contributed by atoms with Crippen LogP contribution in [0.3, 0.4) is 0 Å². The number of nitrogens with two attached hydrogens (primary N) is 1. The maximum Gasteiger partial charge on any atom is 0.340 e. The minimum absolute atomic E-state index is 0.0383. The number of benzene rings is 3. The predicted octanol–water partition coefficient (Wildman–Crippen LogP) is 2.35. The maximum absolute atomic E-state index is 13.5. The Bertz CT molecular complexity index is 2040. The third-order valence-electron chi connectivity index (χ3n) is 9.55. The fourth-order valence-electron chi connectivity index (χ4n) is 7.27. The van der Waals surface area contributed by atoms with Gasteiger partial charge in [0, 0.05) is 52.6 Å². The lowest BCUT2D eigenvalue weighted by atomic mass is 9.77. The highest BCUT2D eigenvalue weighted by Gasteiger charge is 2.54. The van der Waals surface area contributed by atoms with Crippen LogP contribution in [0, 0.1) is 0 Å². The van der Waals surface area contributed by atoms with Gasteiger partial charge in [-0.25, -0.2) is 9.88 Å². The van der Waals surface area contributed by atoms with Crippen LogP contribution in [-0.4, -0.2) is 86.5 Å². The molecule has 16 nitrogen and oxygen atoms in total. The summed E-state index contributed by atoms with van der Waals surface area (Å²) in [5.41, 5.74) is 0.976. The third kappa shape index (κ3) is 8.06. The van der Waals surface area contributed by atoms with Crippen molar-refractivity contribution in [2.75, 3.05) is 18.5 Å². The Labute approximate surface area is 328 Å². The van der Waals surface area contributed by atoms with E-state index in [2.05, 4.69) is 40.2 Å². The molecule has 7 rings (SSSR count). The standard InChI is InChI=1S/C31H37B2N5O11P2S3/c32-27-10-21(25(47-27)12-44-50(42,53)37-22-11-28(33)48-26(22)13-45-51(43,54)38-34)36-30(52)35-14-1-4-18-17(7-14)29(41)49-31(18)19-5-2-15(39)8-23(19)46-24-9-16(40)3-6-20(24)31/h1-9,21-22,25-28,39-40H,10-13,32-34H2,(H2,35,36,52)(H2,37,42,53)(H2,38,43,54). The quantitative estimate of drug-likeness (QED) is 0.0257. The molecule has 4 heterocycles. The third-order valence-corrected chi connectivity index (χ3v) is 13.1. The van der Waals surface area contributed by atoms with E-state index in [1.54, 1.807) is 30.3 Å². The predicted molar refractivity (Wildman–Crippen MR) is 214 cm³/mol. The summed E-state index contributed by atoms with van der Waals surface area (Å²) >= 11 is 13.8. The molecule has 0 amide bonds. The van der Waals surface area contributed by atoms with Crippen LogP contribution in [-0.2, 0) is 38.0 Å². The lowest BCUT2D eigenvalue weighted by molar-refractivity contribution is 0.0224. The summed E-state index contributed by atoms with van der Waals surface area (Å²) in [6, 6.07) is 13.1. The number of phenols is 2. The highest BCUT2D eigenvalue weighted by Crippen LogP contribution is 2.57. The smallest absolute Gasteiger partial charge is 0.340 e. The van der Waals surface area contributed by atoms with Gasteiger partial charge < -0.3 is 48.8 Å². The van der Waals surface area contributed by atoms with E-state index < -0.39 is 43.3 Å². The topological polar surface area (TPSA) is 221 Å². The minimum atomic E-state index is -3.69. The molecule has 3 aromatic carbocycles. The summed E-state index contributed by atoms with van der Waals surface area (Å²) in [6.07, 6.45) is -0.121. The van der Waals surface area contributed by atoms with Crippen molar-refractivity contribution in [2.45, 2.75) is 54.7 Å². The summed E-state index contributed by atoms with van der Waals surface area (Å²) in [7, 11) is 3.75. The summed E-state index contributed by atoms with van der Waals surface area (Å²) in [4.78, 5) is 13.5. The minimum Gasteiger partial charge on any atom is -0.508 e. The van der Waals surface area contributed by atoms with Crippen molar-refractivity contribution in [3.8, 4) is 23.0 Å². The molecule has 2 saturated heterocycles. The van der Waals surface area contributed by atoms with Crippen LogP contribution in [0.1, 0.15) is 39.9 Å². The summed E-state index contributed by atoms with van der Waals surface area (Å²) in [5.74, 6) is 5.11. The van der Waals surface area contributed by atoms with Crippen LogP contribution in [0.5, 0.6) is 23.0 Å². The largest absolute Gasteiger partial charge is 0.508 e. The first-order chi connectivity index (χ1) is 25.6. The van der Waals surface area contributed by atoms with Crippen molar-refractivity contribution in [1.82, 2.24) is 15.6 Å². The van der Waals surface area contributed by atoms with Gasteiger partial charge in [-0.1, -0.05) is 30.6 Å². The number of hydrogen-bond acceptors (Lipinski definition) is 13. The molecule has 8 atom stereocenters. The van der Waals surface area contributed by atoms with Crippen molar-refractivity contribution in [1.29, 1.82) is 0 Å². The van der Waals surface area contributed by atoms with Gasteiger partial charge in [-0.05, 0) is 61.5 Å². The van der Waals surface area contributed by atoms with Gasteiger partial charge in [0.25, 0.3) is 0 Å². The van der Waals surface area contributed by atoms with Gasteiger partial charge >= 0.3 is 19.4 Å². The van der Waals surface area contributed by atoms with E-state index in [1.807, 2.05) is 20.9 Å². The number of anilines is 1. The zero-order chi connectivity index (χ0) is 38.6. The second-order valence-electron chi connectivity index (χ2n) is 13.4. The van der Waals surface area contributed by atoms with Crippen molar-refractivity contribution >= 4 is 82.6 Å². The number of esters is 1. The summed E-state index contributed by atoms with van der Waals surface area (Å²) < 4.78 is 60.6. The van der Waals surface area contributed by atoms with Gasteiger partial charge in [-0.2, -0.15) is 5.20 Å². The Morgan fingerprint density at radius 3 is 2.06 bits per heavy atom. The average molecular weight is 835 g/mol. The van der Waals surface area contributed by atoms with Gasteiger partial charge in [0.1, 0.15) is 44.8 Å². The molecule has 0 radical (unpaired) electrons. The number of aromatic hydroxyl groups is 2. The monoisotopic (exact) mass is 835 g/mol. The molecule has 4 aliphatic heterocycles. The van der Waals surface area contributed by atoms with E-state index in [4.69, 9.17) is 46.1 Å². The number of carbonyl (C=O) groups is 1. The number of nitrogens with one attached hydrogen (secondary N) is 4. The Kier molecular flexibility index (Phi) is 11.2. The first-order valence-electron chi connectivity index (χ1n) is 16.9. The molecule has 4 aliphatic rings. The van der Waals surface area contributed by atoms with Gasteiger partial charge in [0.2, 0.25) is 0 Å². The molecule has 23 heteroatoms. The summed E-state index contributed by atoms with van der Waals surface area (Å²) in [5, 5.41) is 31.9. The lowest BCUT2D eigenvalue weighted by Crippen LogP contribution is -2.44. The van der Waals surface area contributed by atoms with Crippen LogP contribution in [0.15, 0.2) is 54.6 Å². The zero-order valence-electron chi connectivity index (χ0n) is 28.8. The SMILES string of the molecule is BC1CC(NC(=S)Nc2ccc3c(c2)C(=O)OC32c3ccc(O)cc3Oc3cc(O)ccc32)C(COP(=O)(S)NC2CC(B)OC2COP(=O)(S)NN)O1. The van der Waals surface area contributed by atoms with E-state index in [1.165, 1.54) is 24.3 Å². The lowest BCUT2D eigenvalue weighted by Gasteiger charge is -2.36. The molecular weight excluding hydrogens is 798 g/mol. The van der Waals surface area contributed by atoms with Crippen molar-refractivity contribution in [3.05, 3.63) is 76.9 Å². The fourth-order valence-corrected chi connectivity index (χ4v) is 9.92. The molecule has 0 aromatic heterocycles. The number of hydrazine groups is 1. The van der Waals surface area contributed by atoms with E-state index in [0.29, 0.717) is 35.2 Å². The van der Waals surface area contributed by atoms with Crippen LogP contribution in [0.2, 0.25) is 0 Å². The van der Waals surface area contributed by atoms with Crippen LogP contribution in [0.4, 0.5) is 5.69 Å². The molecule has 0 bridgehead atoms. The number of carbonyl (C=O) groups excluding carboxylic acids is 1. The normalized spacial score (nSPS) is 27.1. The Hall–Kier alpha value is -2.77. The van der Waals surface area contributed by atoms with Gasteiger partial charge in [0.05, 0.1) is 30.9 Å². The van der Waals surface area contributed by atoms with Gasteiger partial charge in [-0.15, -0.1) is 0 Å². The van der Waals surface area contributed by atoms with E-state index in [9.17, 15) is 24.1 Å². The number of fused-ring (bicyclic) bond motifs is 6. The Morgan fingerprint density at radius 1 is 0.889 bits per heavy atom. The highest BCUT2D eigenvalue weighted by atomic mass is 32.7. The van der Waals surface area contributed by atoms with Crippen LogP contribution < -0.4 is 31.5 Å². The molecule has 0 aliphatic carbocycles. The Morgan fingerprint density at radius 2 is 1.44 bits per heavy atom. The first-order valence-corrected chi connectivity index (χ1v) is 22.8. The number of ether oxygens (including phenoxy) is 4.